The quantitative estimate of drug-likeness (QED) is 0.205. The lowest BCUT2D eigenvalue weighted by Crippen LogP contribution is -2.02. The van der Waals surface area contributed by atoms with Crippen LogP contribution in [-0.2, 0) is 19.3 Å². The van der Waals surface area contributed by atoms with Gasteiger partial charge in [-0.15, -0.1) is 0 Å². The lowest BCUT2D eigenvalue weighted by Gasteiger charge is -2.19. The van der Waals surface area contributed by atoms with E-state index in [0.717, 1.165) is 66.5 Å². The van der Waals surface area contributed by atoms with E-state index in [1.807, 2.05) is 48.5 Å². The Morgan fingerprint density at radius 2 is 1.14 bits per heavy atom. The summed E-state index contributed by atoms with van der Waals surface area (Å²) in [5.41, 5.74) is 18.3. The Kier molecular flexibility index (Phi) is 8.73. The molecule has 4 rings (SSSR count). The molecule has 4 aromatic carbocycles. The minimum atomic E-state index is 0.492. The Balaban J connectivity index is 1.44. The highest BCUT2D eigenvalue weighted by molar-refractivity contribution is 5.47. The molecule has 0 heterocycles. The van der Waals surface area contributed by atoms with Gasteiger partial charge in [-0.2, -0.15) is 0 Å². The highest BCUT2D eigenvalue weighted by atomic mass is 16.5. The molecule has 4 nitrogen and oxygen atoms in total. The third kappa shape index (κ3) is 6.85. The smallest absolute Gasteiger partial charge is 0.130 e. The van der Waals surface area contributed by atoms with Crippen molar-refractivity contribution in [1.82, 2.24) is 0 Å². The molecule has 1 unspecified atom stereocenters. The van der Waals surface area contributed by atoms with E-state index in [2.05, 4.69) is 57.2 Å². The van der Waals surface area contributed by atoms with Crippen LogP contribution in [0.2, 0.25) is 0 Å². The maximum atomic E-state index is 6.16. The molecule has 4 heteroatoms. The molecule has 37 heavy (non-hydrogen) atoms. The summed E-state index contributed by atoms with van der Waals surface area (Å²) >= 11 is 0. The molecule has 1 atom stereocenters. The molecule has 0 aromatic heterocycles. The maximum absolute atomic E-state index is 6.16. The van der Waals surface area contributed by atoms with Crippen molar-refractivity contribution >= 4 is 11.4 Å². The summed E-state index contributed by atoms with van der Waals surface area (Å²) in [5.74, 6) is 3.92. The number of rotatable bonds is 11. The predicted octanol–water partition coefficient (Wildman–Crippen LogP) is 8.69. The van der Waals surface area contributed by atoms with Gasteiger partial charge in [-0.05, 0) is 121 Å². The van der Waals surface area contributed by atoms with Crippen LogP contribution < -0.4 is 20.9 Å². The van der Waals surface area contributed by atoms with Gasteiger partial charge in [0.2, 0.25) is 0 Å². The number of aryl methyl sites for hydroxylation is 3. The normalized spacial score (nSPS) is 11.8. The van der Waals surface area contributed by atoms with Gasteiger partial charge in [0.1, 0.15) is 23.0 Å². The summed E-state index contributed by atoms with van der Waals surface area (Å²) in [5, 5.41) is 0. The fourth-order valence-electron chi connectivity index (χ4n) is 4.67. The number of anilines is 2. The molecule has 0 aliphatic heterocycles. The first kappa shape index (κ1) is 26.2. The molecule has 0 saturated heterocycles. The monoisotopic (exact) mass is 494 g/mol. The van der Waals surface area contributed by atoms with Gasteiger partial charge in [0, 0.05) is 11.4 Å². The maximum Gasteiger partial charge on any atom is 0.130 e. The molecular weight excluding hydrogens is 456 g/mol. The molecule has 192 valence electrons. The molecule has 0 bridgehead atoms. The van der Waals surface area contributed by atoms with E-state index < -0.39 is 0 Å². The van der Waals surface area contributed by atoms with E-state index in [4.69, 9.17) is 20.9 Å². The molecule has 0 radical (unpaired) electrons. The van der Waals surface area contributed by atoms with Gasteiger partial charge in [0.15, 0.2) is 0 Å². The second-order valence-corrected chi connectivity index (χ2v) is 9.50. The summed E-state index contributed by atoms with van der Waals surface area (Å²) in [6.07, 6.45) is 5.06. The fourth-order valence-corrected chi connectivity index (χ4v) is 4.67. The van der Waals surface area contributed by atoms with Gasteiger partial charge in [-0.3, -0.25) is 0 Å². The van der Waals surface area contributed by atoms with Gasteiger partial charge >= 0.3 is 0 Å². The van der Waals surface area contributed by atoms with Crippen molar-refractivity contribution in [3.63, 3.8) is 0 Å². The molecule has 4 N–H and O–H groups in total. The summed E-state index contributed by atoms with van der Waals surface area (Å²) in [4.78, 5) is 0. The van der Waals surface area contributed by atoms with Crippen LogP contribution in [0.25, 0.3) is 0 Å². The predicted molar refractivity (Wildman–Crippen MR) is 155 cm³/mol. The summed E-state index contributed by atoms with van der Waals surface area (Å²) in [6, 6.07) is 28.3. The zero-order chi connectivity index (χ0) is 26.2. The van der Waals surface area contributed by atoms with Crippen LogP contribution >= 0.6 is 0 Å². The first-order chi connectivity index (χ1) is 18.0. The minimum absolute atomic E-state index is 0.492. The van der Waals surface area contributed by atoms with Crippen LogP contribution in [0.3, 0.4) is 0 Å². The summed E-state index contributed by atoms with van der Waals surface area (Å²) < 4.78 is 12.3. The molecular formula is C33H38N2O2. The Morgan fingerprint density at radius 3 is 1.65 bits per heavy atom. The third-order valence-corrected chi connectivity index (χ3v) is 6.93. The van der Waals surface area contributed by atoms with E-state index >= 15 is 0 Å². The Morgan fingerprint density at radius 1 is 0.622 bits per heavy atom. The largest absolute Gasteiger partial charge is 0.457 e. The van der Waals surface area contributed by atoms with E-state index in [0.29, 0.717) is 5.92 Å². The number of nitrogens with two attached hydrogens (primary N) is 2. The van der Waals surface area contributed by atoms with Crippen molar-refractivity contribution in [2.75, 3.05) is 11.5 Å². The topological polar surface area (TPSA) is 70.5 Å². The number of hydrogen-bond donors (Lipinski definition) is 2. The third-order valence-electron chi connectivity index (χ3n) is 6.93. The van der Waals surface area contributed by atoms with Gasteiger partial charge < -0.3 is 20.9 Å². The zero-order valence-corrected chi connectivity index (χ0v) is 22.2. The van der Waals surface area contributed by atoms with Gasteiger partial charge in [-0.1, -0.05) is 45.0 Å². The van der Waals surface area contributed by atoms with Crippen molar-refractivity contribution in [3.05, 3.63) is 107 Å². The van der Waals surface area contributed by atoms with Crippen LogP contribution in [0.4, 0.5) is 11.4 Å². The first-order valence-corrected chi connectivity index (χ1v) is 13.3. The molecule has 0 spiro atoms. The fraction of sp³-hybridized carbons (Fsp3) is 0.273. The van der Waals surface area contributed by atoms with Crippen molar-refractivity contribution in [1.29, 1.82) is 0 Å². The van der Waals surface area contributed by atoms with Crippen molar-refractivity contribution in [2.24, 2.45) is 0 Å². The highest BCUT2D eigenvalue weighted by Gasteiger charge is 2.14. The van der Waals surface area contributed by atoms with Gasteiger partial charge in [0.05, 0.1) is 0 Å². The number of benzene rings is 4. The molecule has 0 fully saturated rings. The molecule has 0 aliphatic rings. The average Bonchev–Trinajstić information content (AvgIpc) is 2.92. The second kappa shape index (κ2) is 12.4. The lowest BCUT2D eigenvalue weighted by molar-refractivity contribution is 0.476. The Bertz CT molecular complexity index is 1300. The lowest BCUT2D eigenvalue weighted by atomic mass is 9.88. The minimum Gasteiger partial charge on any atom is -0.457 e. The number of nitrogen functional groups attached to an aromatic ring is 2. The number of hydrogen-bond acceptors (Lipinski definition) is 4. The average molecular weight is 495 g/mol. The molecule has 0 amide bonds. The van der Waals surface area contributed by atoms with Crippen LogP contribution in [0.5, 0.6) is 23.0 Å². The molecule has 4 aromatic rings. The van der Waals surface area contributed by atoms with Crippen LogP contribution in [0.1, 0.15) is 61.8 Å². The van der Waals surface area contributed by atoms with E-state index in [1.165, 1.54) is 22.3 Å². The Hall–Kier alpha value is -3.92. The standard InChI is InChI=1S/C33H38N2O2/c1-4-24(27-10-20-33(26(6-3)22-27)37-31-17-13-29(35)14-18-31)9-7-23-8-19-32(25(5-2)21-23)36-30-15-11-28(34)12-16-30/h8,10-22,24H,4-7,9,34-35H2,1-3H3. The van der Waals surface area contributed by atoms with E-state index in [1.54, 1.807) is 0 Å². The van der Waals surface area contributed by atoms with Gasteiger partial charge in [0.25, 0.3) is 0 Å². The van der Waals surface area contributed by atoms with Crippen molar-refractivity contribution in [3.8, 4) is 23.0 Å². The summed E-state index contributed by atoms with van der Waals surface area (Å²) in [6.45, 7) is 6.62. The highest BCUT2D eigenvalue weighted by Crippen LogP contribution is 2.33. The molecule has 0 aliphatic carbocycles. The van der Waals surface area contributed by atoms with E-state index in [9.17, 15) is 0 Å². The SMILES string of the molecule is CCc1cc(CCC(CC)c2ccc(Oc3ccc(N)cc3)c(CC)c2)ccc1Oc1ccc(N)cc1. The zero-order valence-electron chi connectivity index (χ0n) is 22.2. The summed E-state index contributed by atoms with van der Waals surface area (Å²) in [7, 11) is 0. The number of ether oxygens (including phenoxy) is 2. The second-order valence-electron chi connectivity index (χ2n) is 9.50. The Labute approximate surface area is 221 Å². The van der Waals surface area contributed by atoms with Crippen molar-refractivity contribution in [2.45, 2.75) is 58.8 Å². The van der Waals surface area contributed by atoms with Crippen LogP contribution in [0.15, 0.2) is 84.9 Å². The van der Waals surface area contributed by atoms with E-state index in [-0.39, 0.29) is 0 Å². The van der Waals surface area contributed by atoms with Crippen LogP contribution in [-0.4, -0.2) is 0 Å². The van der Waals surface area contributed by atoms with Crippen LogP contribution in [0, 0.1) is 0 Å². The van der Waals surface area contributed by atoms with Gasteiger partial charge in [-0.25, -0.2) is 0 Å². The van der Waals surface area contributed by atoms with Crippen molar-refractivity contribution < 1.29 is 9.47 Å². The molecule has 0 saturated carbocycles. The first-order valence-electron chi connectivity index (χ1n) is 13.3.